The summed E-state index contributed by atoms with van der Waals surface area (Å²) in [6.07, 6.45) is 2.06. The largest absolute Gasteiger partial charge is 0.573 e. The third-order valence-corrected chi connectivity index (χ3v) is 6.06. The van der Waals surface area contributed by atoms with Crippen molar-refractivity contribution >= 4 is 5.78 Å². The fourth-order valence-corrected chi connectivity index (χ4v) is 5.49. The molecular formula is C19H21F3O3. The second-order valence-electron chi connectivity index (χ2n) is 7.93. The molecule has 0 amide bonds. The van der Waals surface area contributed by atoms with Crippen molar-refractivity contribution in [1.29, 1.82) is 0 Å². The van der Waals surface area contributed by atoms with Crippen LogP contribution in [0.15, 0.2) is 24.3 Å². The number of carbonyl (C=O) groups is 1. The Balaban J connectivity index is 1.36. The molecule has 0 saturated heterocycles. The van der Waals surface area contributed by atoms with Crippen molar-refractivity contribution in [2.75, 3.05) is 6.61 Å². The van der Waals surface area contributed by atoms with Crippen molar-refractivity contribution in [3.63, 3.8) is 0 Å². The zero-order chi connectivity index (χ0) is 17.7. The van der Waals surface area contributed by atoms with Gasteiger partial charge in [0.25, 0.3) is 0 Å². The SMILES string of the molecule is O=C(COc1ccc(OC(F)(F)F)cc1)C12CC3CC(CC(C3)C1)C2. The van der Waals surface area contributed by atoms with Gasteiger partial charge < -0.3 is 9.47 Å². The van der Waals surface area contributed by atoms with Gasteiger partial charge in [-0.25, -0.2) is 0 Å². The predicted octanol–water partition coefficient (Wildman–Crippen LogP) is 4.75. The van der Waals surface area contributed by atoms with Crippen LogP contribution in [0.2, 0.25) is 0 Å². The molecule has 6 heteroatoms. The second-order valence-corrected chi connectivity index (χ2v) is 7.93. The maximum absolute atomic E-state index is 12.8. The molecule has 0 heterocycles. The van der Waals surface area contributed by atoms with Crippen LogP contribution in [-0.4, -0.2) is 18.8 Å². The zero-order valence-electron chi connectivity index (χ0n) is 13.8. The first-order valence-corrected chi connectivity index (χ1v) is 8.83. The fraction of sp³-hybridized carbons (Fsp3) is 0.632. The van der Waals surface area contributed by atoms with E-state index in [-0.39, 0.29) is 23.6 Å². The molecule has 4 bridgehead atoms. The highest BCUT2D eigenvalue weighted by Gasteiger charge is 2.54. The predicted molar refractivity (Wildman–Crippen MR) is 84.2 cm³/mol. The van der Waals surface area contributed by atoms with Gasteiger partial charge in [0.1, 0.15) is 18.1 Å². The Morgan fingerprint density at radius 3 is 1.92 bits per heavy atom. The van der Waals surface area contributed by atoms with E-state index in [0.717, 1.165) is 19.3 Å². The van der Waals surface area contributed by atoms with E-state index in [1.54, 1.807) is 0 Å². The Morgan fingerprint density at radius 2 is 1.44 bits per heavy atom. The molecule has 5 rings (SSSR count). The van der Waals surface area contributed by atoms with E-state index < -0.39 is 6.36 Å². The van der Waals surface area contributed by atoms with Gasteiger partial charge in [-0.1, -0.05) is 0 Å². The van der Waals surface area contributed by atoms with Crippen LogP contribution < -0.4 is 9.47 Å². The Hall–Kier alpha value is -1.72. The highest BCUT2D eigenvalue weighted by atomic mass is 19.4. The summed E-state index contributed by atoms with van der Waals surface area (Å²) in [5, 5.41) is 0. The lowest BCUT2D eigenvalue weighted by Gasteiger charge is -2.55. The van der Waals surface area contributed by atoms with Crippen LogP contribution in [-0.2, 0) is 4.79 Å². The molecule has 0 radical (unpaired) electrons. The summed E-state index contributed by atoms with van der Waals surface area (Å²) in [7, 11) is 0. The van der Waals surface area contributed by atoms with Gasteiger partial charge in [0.2, 0.25) is 0 Å². The molecule has 0 aliphatic heterocycles. The van der Waals surface area contributed by atoms with E-state index in [9.17, 15) is 18.0 Å². The molecule has 4 aliphatic carbocycles. The Labute approximate surface area is 144 Å². The van der Waals surface area contributed by atoms with Gasteiger partial charge in [-0.3, -0.25) is 4.79 Å². The van der Waals surface area contributed by atoms with Crippen LogP contribution >= 0.6 is 0 Å². The lowest BCUT2D eigenvalue weighted by Crippen LogP contribution is -2.51. The van der Waals surface area contributed by atoms with Crippen molar-refractivity contribution in [1.82, 2.24) is 0 Å². The van der Waals surface area contributed by atoms with Crippen LogP contribution in [0.4, 0.5) is 13.2 Å². The van der Waals surface area contributed by atoms with Gasteiger partial charge in [-0.2, -0.15) is 0 Å². The van der Waals surface area contributed by atoms with Gasteiger partial charge in [-0.05, 0) is 80.5 Å². The molecule has 0 atom stereocenters. The number of hydrogen-bond donors (Lipinski definition) is 0. The lowest BCUT2D eigenvalue weighted by molar-refractivity contribution is -0.274. The number of hydrogen-bond acceptors (Lipinski definition) is 3. The van der Waals surface area contributed by atoms with Crippen molar-refractivity contribution in [2.45, 2.75) is 44.9 Å². The topological polar surface area (TPSA) is 35.5 Å². The number of alkyl halides is 3. The summed E-state index contributed by atoms with van der Waals surface area (Å²) in [5.74, 6) is 2.30. The summed E-state index contributed by atoms with van der Waals surface area (Å²) in [4.78, 5) is 12.8. The molecule has 4 fully saturated rings. The van der Waals surface area contributed by atoms with Gasteiger partial charge >= 0.3 is 6.36 Å². The molecule has 1 aromatic carbocycles. The molecule has 0 unspecified atom stereocenters. The summed E-state index contributed by atoms with van der Waals surface area (Å²) < 4.78 is 45.9. The van der Waals surface area contributed by atoms with Crippen molar-refractivity contribution in [2.24, 2.45) is 23.2 Å². The van der Waals surface area contributed by atoms with Gasteiger partial charge in [0, 0.05) is 5.41 Å². The third-order valence-electron chi connectivity index (χ3n) is 6.06. The maximum Gasteiger partial charge on any atom is 0.573 e. The Bertz CT molecular complexity index is 616. The first-order valence-electron chi connectivity index (χ1n) is 8.83. The van der Waals surface area contributed by atoms with E-state index in [1.807, 2.05) is 0 Å². The van der Waals surface area contributed by atoms with Gasteiger partial charge in [-0.15, -0.1) is 13.2 Å². The van der Waals surface area contributed by atoms with E-state index in [4.69, 9.17) is 4.74 Å². The van der Waals surface area contributed by atoms with Gasteiger partial charge in [0.05, 0.1) is 0 Å². The molecule has 4 aliphatic rings. The van der Waals surface area contributed by atoms with Crippen LogP contribution in [0.1, 0.15) is 38.5 Å². The van der Waals surface area contributed by atoms with E-state index in [0.29, 0.717) is 23.5 Å². The molecule has 1 aromatic rings. The minimum Gasteiger partial charge on any atom is -0.486 e. The van der Waals surface area contributed by atoms with Crippen LogP contribution in [0.25, 0.3) is 0 Å². The van der Waals surface area contributed by atoms with Crippen LogP contribution in [0, 0.1) is 23.2 Å². The van der Waals surface area contributed by atoms with E-state index in [1.165, 1.54) is 43.5 Å². The third kappa shape index (κ3) is 3.48. The Kier molecular flexibility index (Phi) is 3.96. The van der Waals surface area contributed by atoms with Crippen LogP contribution in [0.5, 0.6) is 11.5 Å². The highest BCUT2D eigenvalue weighted by Crippen LogP contribution is 2.60. The average molecular weight is 354 g/mol. The van der Waals surface area contributed by atoms with Crippen molar-refractivity contribution < 1.29 is 27.4 Å². The van der Waals surface area contributed by atoms with E-state index >= 15 is 0 Å². The van der Waals surface area contributed by atoms with E-state index in [2.05, 4.69) is 4.74 Å². The van der Waals surface area contributed by atoms with Crippen molar-refractivity contribution in [3.8, 4) is 11.5 Å². The Morgan fingerprint density at radius 1 is 0.960 bits per heavy atom. The van der Waals surface area contributed by atoms with Crippen molar-refractivity contribution in [3.05, 3.63) is 24.3 Å². The molecule has 136 valence electrons. The monoisotopic (exact) mass is 354 g/mol. The average Bonchev–Trinajstić information content (AvgIpc) is 2.51. The number of ether oxygens (including phenoxy) is 2. The standard InChI is InChI=1S/C19H21F3O3/c20-19(21,22)25-16-3-1-15(2-4-16)24-11-17(23)18-8-12-5-13(9-18)7-14(6-12)10-18/h1-4,12-14H,5-11H2. The summed E-state index contributed by atoms with van der Waals surface area (Å²) in [5.41, 5.74) is -0.214. The second kappa shape index (κ2) is 5.92. The molecule has 0 N–H and O–H groups in total. The quantitative estimate of drug-likeness (QED) is 0.765. The first kappa shape index (κ1) is 16.7. The maximum atomic E-state index is 12.8. The number of Topliss-reactive ketones (excluding diaryl/α,β-unsaturated/α-hetero) is 1. The summed E-state index contributed by atoms with van der Waals surface area (Å²) in [6, 6.07) is 5.18. The summed E-state index contributed by atoms with van der Waals surface area (Å²) in [6.45, 7) is -0.00830. The minimum absolute atomic E-state index is 0.00830. The number of benzene rings is 1. The molecule has 25 heavy (non-hydrogen) atoms. The molecule has 4 saturated carbocycles. The molecule has 3 nitrogen and oxygen atoms in total. The summed E-state index contributed by atoms with van der Waals surface area (Å²) >= 11 is 0. The lowest BCUT2D eigenvalue weighted by atomic mass is 9.48. The normalized spacial score (nSPS) is 33.3. The number of halogens is 3. The fourth-order valence-electron chi connectivity index (χ4n) is 5.49. The molecule has 0 aromatic heterocycles. The molecular weight excluding hydrogens is 333 g/mol. The van der Waals surface area contributed by atoms with Gasteiger partial charge in [0.15, 0.2) is 5.78 Å². The number of rotatable bonds is 5. The minimum atomic E-state index is -4.71. The highest BCUT2D eigenvalue weighted by molar-refractivity contribution is 5.86. The molecule has 0 spiro atoms. The number of ketones is 1. The zero-order valence-corrected chi connectivity index (χ0v) is 13.8. The van der Waals surface area contributed by atoms with Crippen LogP contribution in [0.3, 0.4) is 0 Å². The smallest absolute Gasteiger partial charge is 0.486 e. The first-order chi connectivity index (χ1) is 11.8. The number of carbonyl (C=O) groups excluding carboxylic acids is 1.